The Morgan fingerprint density at radius 3 is 2.18 bits per heavy atom. The summed E-state index contributed by atoms with van der Waals surface area (Å²) in [6, 6.07) is 26.9. The molecule has 0 saturated carbocycles. The number of hydrogen-bond donors (Lipinski definition) is 1. The van der Waals surface area contributed by atoms with E-state index >= 15 is 0 Å². The van der Waals surface area contributed by atoms with Crippen molar-refractivity contribution in [3.05, 3.63) is 107 Å². The van der Waals surface area contributed by atoms with E-state index in [0.29, 0.717) is 38.1 Å². The number of nitrogens with zero attached hydrogens (tertiary/aromatic N) is 1. The molecule has 0 spiro atoms. The van der Waals surface area contributed by atoms with Crippen LogP contribution in [0.3, 0.4) is 0 Å². The average Bonchev–Trinajstić information content (AvgIpc) is 2.97. The molecule has 0 bridgehead atoms. The molecule has 1 N–H and O–H groups in total. The predicted molar refractivity (Wildman–Crippen MR) is 146 cm³/mol. The van der Waals surface area contributed by atoms with Crippen LogP contribution in [0.15, 0.2) is 84.9 Å². The number of rotatable bonds is 6. The maximum Gasteiger partial charge on any atom is 0.321 e. The summed E-state index contributed by atoms with van der Waals surface area (Å²) in [7, 11) is 0. The van der Waals surface area contributed by atoms with Gasteiger partial charge in [0, 0.05) is 24.7 Å². The van der Waals surface area contributed by atoms with Gasteiger partial charge >= 0.3 is 5.97 Å². The Balaban J connectivity index is 1.34. The SMILES string of the molecule is CCOC(=O)[C@]1(c2ccccc2)CC[C@@H](C(=O)N2CCC(NC(=O)c3ccccc3)CC2)c2ccccc21. The Morgan fingerprint density at radius 2 is 1.50 bits per heavy atom. The molecule has 1 fully saturated rings. The maximum atomic E-state index is 13.8. The lowest BCUT2D eigenvalue weighted by molar-refractivity contribution is -0.149. The summed E-state index contributed by atoms with van der Waals surface area (Å²) in [5.41, 5.74) is 2.37. The van der Waals surface area contributed by atoms with Crippen molar-refractivity contribution in [2.75, 3.05) is 19.7 Å². The largest absolute Gasteiger partial charge is 0.465 e. The molecule has 2 aliphatic rings. The fraction of sp³-hybridized carbons (Fsp3) is 0.344. The second kappa shape index (κ2) is 11.2. The highest BCUT2D eigenvalue weighted by Crippen LogP contribution is 2.48. The van der Waals surface area contributed by atoms with E-state index in [0.717, 1.165) is 29.5 Å². The van der Waals surface area contributed by atoms with Crippen LogP contribution in [0.4, 0.5) is 0 Å². The Bertz CT molecular complexity index is 1290. The van der Waals surface area contributed by atoms with Gasteiger partial charge in [-0.15, -0.1) is 0 Å². The number of amides is 2. The van der Waals surface area contributed by atoms with E-state index in [-0.39, 0.29) is 29.7 Å². The molecule has 1 aliphatic heterocycles. The minimum Gasteiger partial charge on any atom is -0.465 e. The van der Waals surface area contributed by atoms with Gasteiger partial charge < -0.3 is 15.0 Å². The van der Waals surface area contributed by atoms with Crippen molar-refractivity contribution < 1.29 is 19.1 Å². The zero-order chi connectivity index (χ0) is 26.5. The molecule has 1 heterocycles. The summed E-state index contributed by atoms with van der Waals surface area (Å²) in [5, 5.41) is 3.11. The first-order valence-electron chi connectivity index (χ1n) is 13.5. The molecule has 3 aromatic rings. The van der Waals surface area contributed by atoms with E-state index in [9.17, 15) is 14.4 Å². The lowest BCUT2D eigenvalue weighted by Crippen LogP contribution is -2.49. The fourth-order valence-electron chi connectivity index (χ4n) is 6.03. The van der Waals surface area contributed by atoms with Crippen LogP contribution in [0.1, 0.15) is 65.6 Å². The molecule has 6 nitrogen and oxygen atoms in total. The van der Waals surface area contributed by atoms with E-state index in [2.05, 4.69) is 5.32 Å². The third-order valence-electron chi connectivity index (χ3n) is 7.97. The molecule has 6 heteroatoms. The second-order valence-corrected chi connectivity index (χ2v) is 10.1. The number of esters is 1. The zero-order valence-electron chi connectivity index (χ0n) is 21.8. The average molecular weight is 511 g/mol. The Morgan fingerprint density at radius 1 is 0.868 bits per heavy atom. The highest BCUT2D eigenvalue weighted by atomic mass is 16.5. The highest BCUT2D eigenvalue weighted by Gasteiger charge is 2.50. The first-order valence-corrected chi connectivity index (χ1v) is 13.5. The molecule has 38 heavy (non-hydrogen) atoms. The summed E-state index contributed by atoms with van der Waals surface area (Å²) in [5.74, 6) is -0.559. The predicted octanol–water partition coefficient (Wildman–Crippen LogP) is 4.83. The topological polar surface area (TPSA) is 75.7 Å². The molecule has 0 unspecified atom stereocenters. The Kier molecular flexibility index (Phi) is 7.59. The molecule has 0 radical (unpaired) electrons. The number of carbonyl (C=O) groups is 3. The van der Waals surface area contributed by atoms with Gasteiger partial charge in [-0.3, -0.25) is 14.4 Å². The number of likely N-dealkylation sites (tertiary alicyclic amines) is 1. The number of carbonyl (C=O) groups excluding carboxylic acids is 3. The van der Waals surface area contributed by atoms with Gasteiger partial charge in [-0.1, -0.05) is 72.8 Å². The molecule has 0 aromatic heterocycles. The van der Waals surface area contributed by atoms with Crippen molar-refractivity contribution >= 4 is 17.8 Å². The van der Waals surface area contributed by atoms with Crippen LogP contribution in [-0.4, -0.2) is 48.4 Å². The van der Waals surface area contributed by atoms with E-state index in [1.165, 1.54) is 0 Å². The third kappa shape index (κ3) is 4.83. The third-order valence-corrected chi connectivity index (χ3v) is 7.97. The molecular weight excluding hydrogens is 476 g/mol. The van der Waals surface area contributed by atoms with Gasteiger partial charge in [-0.25, -0.2) is 0 Å². The number of ether oxygens (including phenoxy) is 1. The standard InChI is InChI=1S/C32H34N2O4/c1-2-38-31(37)32(24-13-7-4-8-14-24)20-17-27(26-15-9-10-16-28(26)32)30(36)34-21-18-25(19-22-34)33-29(35)23-11-5-3-6-12-23/h3-16,25,27H,2,17-22H2,1H3,(H,33,35)/t27-,32+/m1/s1. The van der Waals surface area contributed by atoms with Crippen molar-refractivity contribution in [2.45, 2.75) is 50.0 Å². The lowest BCUT2D eigenvalue weighted by atomic mass is 9.63. The molecule has 5 rings (SSSR count). The van der Waals surface area contributed by atoms with Crippen LogP contribution in [-0.2, 0) is 19.7 Å². The number of nitrogens with one attached hydrogen (secondary N) is 1. The van der Waals surface area contributed by atoms with E-state index in [1.807, 2.05) is 84.6 Å². The van der Waals surface area contributed by atoms with Crippen molar-refractivity contribution in [3.8, 4) is 0 Å². The van der Waals surface area contributed by atoms with Gasteiger partial charge in [0.15, 0.2) is 0 Å². The van der Waals surface area contributed by atoms with E-state index < -0.39 is 5.41 Å². The van der Waals surface area contributed by atoms with Gasteiger partial charge in [-0.05, 0) is 61.4 Å². The first-order chi connectivity index (χ1) is 18.5. The van der Waals surface area contributed by atoms with Gasteiger partial charge in [-0.2, -0.15) is 0 Å². The number of hydrogen-bond acceptors (Lipinski definition) is 4. The maximum absolute atomic E-state index is 13.8. The summed E-state index contributed by atoms with van der Waals surface area (Å²) in [6.07, 6.45) is 2.51. The van der Waals surface area contributed by atoms with Crippen LogP contribution in [0.25, 0.3) is 0 Å². The first kappa shape index (κ1) is 25.7. The van der Waals surface area contributed by atoms with Crippen LogP contribution in [0, 0.1) is 0 Å². The van der Waals surface area contributed by atoms with Crippen LogP contribution in [0.5, 0.6) is 0 Å². The Labute approximate surface area is 224 Å². The second-order valence-electron chi connectivity index (χ2n) is 10.1. The van der Waals surface area contributed by atoms with Crippen molar-refractivity contribution in [1.29, 1.82) is 0 Å². The molecule has 1 saturated heterocycles. The zero-order valence-corrected chi connectivity index (χ0v) is 21.8. The summed E-state index contributed by atoms with van der Waals surface area (Å²) >= 11 is 0. The van der Waals surface area contributed by atoms with Gasteiger partial charge in [0.2, 0.25) is 5.91 Å². The number of fused-ring (bicyclic) bond motifs is 1. The lowest BCUT2D eigenvalue weighted by Gasteiger charge is -2.42. The molecule has 2 atom stereocenters. The summed E-state index contributed by atoms with van der Waals surface area (Å²) in [6.45, 7) is 3.31. The smallest absolute Gasteiger partial charge is 0.321 e. The molecular formula is C32H34N2O4. The van der Waals surface area contributed by atoms with Crippen LogP contribution in [0.2, 0.25) is 0 Å². The van der Waals surface area contributed by atoms with Gasteiger partial charge in [0.05, 0.1) is 12.5 Å². The van der Waals surface area contributed by atoms with E-state index in [1.54, 1.807) is 12.1 Å². The monoisotopic (exact) mass is 510 g/mol. The summed E-state index contributed by atoms with van der Waals surface area (Å²) < 4.78 is 5.61. The normalized spacial score (nSPS) is 21.3. The van der Waals surface area contributed by atoms with Crippen molar-refractivity contribution in [2.24, 2.45) is 0 Å². The van der Waals surface area contributed by atoms with Gasteiger partial charge in [0.25, 0.3) is 5.91 Å². The number of benzene rings is 3. The molecule has 196 valence electrons. The Hall–Kier alpha value is -3.93. The van der Waals surface area contributed by atoms with Gasteiger partial charge in [0.1, 0.15) is 5.41 Å². The van der Waals surface area contributed by atoms with Crippen molar-refractivity contribution in [3.63, 3.8) is 0 Å². The molecule has 1 aliphatic carbocycles. The van der Waals surface area contributed by atoms with Crippen molar-refractivity contribution in [1.82, 2.24) is 10.2 Å². The quantitative estimate of drug-likeness (QED) is 0.482. The minimum absolute atomic E-state index is 0.0416. The molecule has 3 aromatic carbocycles. The molecule has 2 amide bonds. The minimum atomic E-state index is -0.931. The fourth-order valence-corrected chi connectivity index (χ4v) is 6.03. The highest BCUT2D eigenvalue weighted by molar-refractivity contribution is 5.94. The van der Waals surface area contributed by atoms with Crippen LogP contribution < -0.4 is 5.32 Å². The number of piperidine rings is 1. The van der Waals surface area contributed by atoms with E-state index in [4.69, 9.17) is 4.74 Å². The van der Waals surface area contributed by atoms with Crippen LogP contribution >= 0.6 is 0 Å². The summed E-state index contributed by atoms with van der Waals surface area (Å²) in [4.78, 5) is 41.9.